The van der Waals surface area contributed by atoms with E-state index in [0.717, 1.165) is 12.6 Å². The van der Waals surface area contributed by atoms with Crippen LogP contribution in [0.4, 0.5) is 0 Å². The molecule has 0 saturated heterocycles. The molecule has 0 aliphatic heterocycles. The number of carbonyl (C=O) groups excluding carboxylic acids is 1. The Bertz CT molecular complexity index is 238. The van der Waals surface area contributed by atoms with Gasteiger partial charge in [0.05, 0.1) is 6.54 Å². The van der Waals surface area contributed by atoms with Crippen molar-refractivity contribution in [2.24, 2.45) is 0 Å². The summed E-state index contributed by atoms with van der Waals surface area (Å²) in [4.78, 5) is 13.7. The summed E-state index contributed by atoms with van der Waals surface area (Å²) in [5, 5.41) is 5.91. The predicted molar refractivity (Wildman–Crippen MR) is 66.3 cm³/mol. The lowest BCUT2D eigenvalue weighted by Gasteiger charge is -2.24. The fourth-order valence-corrected chi connectivity index (χ4v) is 1.60. The smallest absolute Gasteiger partial charge is 0.234 e. The molecule has 1 amide bonds. The molecule has 4 heteroatoms. The van der Waals surface area contributed by atoms with Crippen LogP contribution in [0, 0.1) is 0 Å². The second-order valence-corrected chi connectivity index (χ2v) is 4.47. The second kappa shape index (κ2) is 6.66. The topological polar surface area (TPSA) is 44.4 Å². The van der Waals surface area contributed by atoms with Crippen LogP contribution in [0.5, 0.6) is 0 Å². The number of likely N-dealkylation sites (N-methyl/N-ethyl adjacent to an activating group) is 1. The molecule has 92 valence electrons. The van der Waals surface area contributed by atoms with E-state index in [1.165, 1.54) is 12.8 Å². The zero-order valence-corrected chi connectivity index (χ0v) is 10.3. The van der Waals surface area contributed by atoms with Gasteiger partial charge in [-0.2, -0.15) is 0 Å². The van der Waals surface area contributed by atoms with E-state index in [2.05, 4.69) is 36.1 Å². The fourth-order valence-electron chi connectivity index (χ4n) is 1.60. The molecule has 16 heavy (non-hydrogen) atoms. The summed E-state index contributed by atoms with van der Waals surface area (Å²) >= 11 is 0. The maximum Gasteiger partial charge on any atom is 0.234 e. The van der Waals surface area contributed by atoms with Crippen molar-refractivity contribution < 1.29 is 4.79 Å². The zero-order chi connectivity index (χ0) is 12.0. The summed E-state index contributed by atoms with van der Waals surface area (Å²) < 4.78 is 0. The van der Waals surface area contributed by atoms with Gasteiger partial charge in [0.1, 0.15) is 0 Å². The summed E-state index contributed by atoms with van der Waals surface area (Å²) in [6.07, 6.45) is 4.35. The van der Waals surface area contributed by atoms with Gasteiger partial charge >= 0.3 is 0 Å². The molecule has 1 fully saturated rings. The van der Waals surface area contributed by atoms with E-state index in [9.17, 15) is 4.79 Å². The molecule has 1 unspecified atom stereocenters. The Kier molecular flexibility index (Phi) is 5.49. The average Bonchev–Trinajstić information content (AvgIpc) is 3.09. The Morgan fingerprint density at radius 2 is 2.31 bits per heavy atom. The summed E-state index contributed by atoms with van der Waals surface area (Å²) in [6.45, 7) is 7.49. The first-order chi connectivity index (χ1) is 7.65. The minimum Gasteiger partial charge on any atom is -0.353 e. The molecule has 0 aromatic heterocycles. The van der Waals surface area contributed by atoms with Gasteiger partial charge in [-0.1, -0.05) is 6.08 Å². The highest BCUT2D eigenvalue weighted by Crippen LogP contribution is 2.26. The molecule has 4 nitrogen and oxygen atoms in total. The molecule has 0 aromatic carbocycles. The van der Waals surface area contributed by atoms with Gasteiger partial charge < -0.3 is 10.6 Å². The monoisotopic (exact) mass is 225 g/mol. The molecular weight excluding hydrogens is 202 g/mol. The fraction of sp³-hybridized carbons (Fsp3) is 0.750. The lowest BCUT2D eigenvalue weighted by molar-refractivity contribution is -0.120. The third-order valence-electron chi connectivity index (χ3n) is 2.99. The van der Waals surface area contributed by atoms with Crippen molar-refractivity contribution in [2.45, 2.75) is 31.8 Å². The van der Waals surface area contributed by atoms with Gasteiger partial charge in [-0.3, -0.25) is 9.69 Å². The summed E-state index contributed by atoms with van der Waals surface area (Å²) in [5.74, 6) is 0.0536. The summed E-state index contributed by atoms with van der Waals surface area (Å²) in [7, 11) is 2.13. The van der Waals surface area contributed by atoms with Crippen molar-refractivity contribution in [3.05, 3.63) is 12.7 Å². The lowest BCUT2D eigenvalue weighted by Crippen LogP contribution is -2.43. The van der Waals surface area contributed by atoms with Crippen LogP contribution in [-0.4, -0.2) is 49.6 Å². The first-order valence-electron chi connectivity index (χ1n) is 5.95. The standard InChI is InChI=1S/C12H23N3O/c1-4-7-13-9-12(16)14-8-10(2)15(3)11-5-6-11/h4,10-11,13H,1,5-9H2,2-3H3,(H,14,16). The van der Waals surface area contributed by atoms with E-state index in [0.29, 0.717) is 19.1 Å². The van der Waals surface area contributed by atoms with Crippen LogP contribution in [-0.2, 0) is 4.79 Å². The van der Waals surface area contributed by atoms with Crippen LogP contribution in [0.25, 0.3) is 0 Å². The Hall–Kier alpha value is -0.870. The Balaban J connectivity index is 2.07. The van der Waals surface area contributed by atoms with Crippen molar-refractivity contribution in [3.8, 4) is 0 Å². The van der Waals surface area contributed by atoms with Gasteiger partial charge in [0.2, 0.25) is 5.91 Å². The van der Waals surface area contributed by atoms with E-state index >= 15 is 0 Å². The van der Waals surface area contributed by atoms with Crippen molar-refractivity contribution >= 4 is 5.91 Å². The minimum absolute atomic E-state index is 0.0536. The van der Waals surface area contributed by atoms with Crippen molar-refractivity contribution in [3.63, 3.8) is 0 Å². The molecule has 0 spiro atoms. The SMILES string of the molecule is C=CCNCC(=O)NCC(C)N(C)C1CC1. The number of nitrogens with one attached hydrogen (secondary N) is 2. The molecule has 1 aliphatic carbocycles. The minimum atomic E-state index is 0.0536. The first kappa shape index (κ1) is 13.2. The molecule has 1 atom stereocenters. The highest BCUT2D eigenvalue weighted by molar-refractivity contribution is 5.78. The third kappa shape index (κ3) is 4.77. The maximum atomic E-state index is 11.4. The van der Waals surface area contributed by atoms with Gasteiger partial charge in [-0.15, -0.1) is 6.58 Å². The number of amides is 1. The van der Waals surface area contributed by atoms with Crippen LogP contribution in [0.3, 0.4) is 0 Å². The van der Waals surface area contributed by atoms with E-state index in [-0.39, 0.29) is 5.91 Å². The second-order valence-electron chi connectivity index (χ2n) is 4.47. The van der Waals surface area contributed by atoms with E-state index in [4.69, 9.17) is 0 Å². The molecule has 1 saturated carbocycles. The van der Waals surface area contributed by atoms with Crippen LogP contribution < -0.4 is 10.6 Å². The molecule has 0 aromatic rings. The van der Waals surface area contributed by atoms with Gasteiger partial charge in [-0.25, -0.2) is 0 Å². The van der Waals surface area contributed by atoms with E-state index < -0.39 is 0 Å². The summed E-state index contributed by atoms with van der Waals surface area (Å²) in [5.41, 5.74) is 0. The molecule has 1 rings (SSSR count). The molecule has 1 aliphatic rings. The molecular formula is C12H23N3O. The van der Waals surface area contributed by atoms with Gasteiger partial charge in [0, 0.05) is 25.2 Å². The first-order valence-corrected chi connectivity index (χ1v) is 5.95. The number of rotatable bonds is 8. The molecule has 0 heterocycles. The Morgan fingerprint density at radius 1 is 1.62 bits per heavy atom. The predicted octanol–water partition coefficient (Wildman–Crippen LogP) is 0.361. The third-order valence-corrected chi connectivity index (χ3v) is 2.99. The van der Waals surface area contributed by atoms with Gasteiger partial charge in [0.25, 0.3) is 0 Å². The van der Waals surface area contributed by atoms with Crippen LogP contribution in [0.2, 0.25) is 0 Å². The van der Waals surface area contributed by atoms with Crippen LogP contribution >= 0.6 is 0 Å². The molecule has 2 N–H and O–H groups in total. The van der Waals surface area contributed by atoms with Crippen molar-refractivity contribution in [2.75, 3.05) is 26.7 Å². The normalized spacial score (nSPS) is 17.2. The van der Waals surface area contributed by atoms with E-state index in [1.807, 2.05) is 0 Å². The highest BCUT2D eigenvalue weighted by atomic mass is 16.1. The largest absolute Gasteiger partial charge is 0.353 e. The number of carbonyl (C=O) groups is 1. The van der Waals surface area contributed by atoms with Crippen molar-refractivity contribution in [1.29, 1.82) is 0 Å². The highest BCUT2D eigenvalue weighted by Gasteiger charge is 2.28. The number of hydrogen-bond donors (Lipinski definition) is 2. The van der Waals surface area contributed by atoms with Crippen LogP contribution in [0.15, 0.2) is 12.7 Å². The van der Waals surface area contributed by atoms with E-state index in [1.54, 1.807) is 6.08 Å². The zero-order valence-electron chi connectivity index (χ0n) is 10.3. The molecule has 0 radical (unpaired) electrons. The van der Waals surface area contributed by atoms with Crippen LogP contribution in [0.1, 0.15) is 19.8 Å². The lowest BCUT2D eigenvalue weighted by atomic mass is 10.3. The van der Waals surface area contributed by atoms with Crippen molar-refractivity contribution in [1.82, 2.24) is 15.5 Å². The average molecular weight is 225 g/mol. The number of hydrogen-bond acceptors (Lipinski definition) is 3. The molecule has 0 bridgehead atoms. The quantitative estimate of drug-likeness (QED) is 0.463. The Labute approximate surface area is 98.1 Å². The summed E-state index contributed by atoms with van der Waals surface area (Å²) in [6, 6.07) is 1.15. The van der Waals surface area contributed by atoms with Gasteiger partial charge in [-0.05, 0) is 26.8 Å². The van der Waals surface area contributed by atoms with Gasteiger partial charge in [0.15, 0.2) is 0 Å². The number of nitrogens with zero attached hydrogens (tertiary/aromatic N) is 1. The Morgan fingerprint density at radius 3 is 2.88 bits per heavy atom. The maximum absolute atomic E-state index is 11.4.